The molecule has 1 aliphatic heterocycles. The largest absolute Gasteiger partial charge is 0.479 e. The molecule has 0 spiro atoms. The van der Waals surface area contributed by atoms with E-state index in [1.165, 1.54) is 6.92 Å². The molecule has 5 nitrogen and oxygen atoms in total. The lowest BCUT2D eigenvalue weighted by Gasteiger charge is -2.35. The van der Waals surface area contributed by atoms with Gasteiger partial charge in [0.05, 0.1) is 5.02 Å². The van der Waals surface area contributed by atoms with Gasteiger partial charge in [-0.25, -0.2) is 0 Å². The highest BCUT2D eigenvalue weighted by molar-refractivity contribution is 6.35. The number of benzene rings is 1. The van der Waals surface area contributed by atoms with E-state index in [2.05, 4.69) is 0 Å². The quantitative estimate of drug-likeness (QED) is 0.846. The molecule has 7 heteroatoms. The van der Waals surface area contributed by atoms with E-state index in [-0.39, 0.29) is 11.8 Å². The third-order valence-electron chi connectivity index (χ3n) is 3.58. The molecule has 0 aromatic heterocycles. The Morgan fingerprint density at radius 2 is 1.73 bits per heavy atom. The Kier molecular flexibility index (Phi) is 5.53. The Labute approximate surface area is 139 Å². The van der Waals surface area contributed by atoms with Crippen LogP contribution in [0.1, 0.15) is 13.8 Å². The summed E-state index contributed by atoms with van der Waals surface area (Å²) in [5.74, 6) is 0.341. The van der Waals surface area contributed by atoms with E-state index in [1.54, 1.807) is 34.9 Å². The lowest BCUT2D eigenvalue weighted by Crippen LogP contribution is -2.52. The molecule has 1 atom stereocenters. The summed E-state index contributed by atoms with van der Waals surface area (Å²) in [7, 11) is 0. The van der Waals surface area contributed by atoms with E-state index >= 15 is 0 Å². The fraction of sp³-hybridized carbons (Fsp3) is 0.467. The number of nitrogens with zero attached hydrogens (tertiary/aromatic N) is 2. The fourth-order valence-electron chi connectivity index (χ4n) is 2.31. The number of piperazine rings is 1. The maximum atomic E-state index is 12.4. The van der Waals surface area contributed by atoms with Gasteiger partial charge < -0.3 is 14.5 Å². The van der Waals surface area contributed by atoms with Crippen LogP contribution in [0.15, 0.2) is 18.2 Å². The van der Waals surface area contributed by atoms with Crippen LogP contribution in [0.2, 0.25) is 10.0 Å². The molecule has 1 aromatic rings. The molecule has 1 aromatic carbocycles. The summed E-state index contributed by atoms with van der Waals surface area (Å²) in [4.78, 5) is 27.1. The monoisotopic (exact) mass is 344 g/mol. The van der Waals surface area contributed by atoms with Crippen LogP contribution < -0.4 is 4.74 Å². The molecule has 0 unspecified atom stereocenters. The minimum Gasteiger partial charge on any atom is -0.479 e. The molecule has 1 fully saturated rings. The second-order valence-corrected chi connectivity index (χ2v) is 6.01. The number of carbonyl (C=O) groups excluding carboxylic acids is 2. The molecule has 120 valence electrons. The molecular formula is C15H18Cl2N2O3. The third kappa shape index (κ3) is 4.05. The van der Waals surface area contributed by atoms with E-state index in [9.17, 15) is 9.59 Å². The van der Waals surface area contributed by atoms with E-state index in [0.717, 1.165) is 0 Å². The van der Waals surface area contributed by atoms with Crippen molar-refractivity contribution in [1.29, 1.82) is 0 Å². The van der Waals surface area contributed by atoms with Gasteiger partial charge in [-0.15, -0.1) is 0 Å². The van der Waals surface area contributed by atoms with Gasteiger partial charge in [0.2, 0.25) is 5.91 Å². The third-order valence-corrected chi connectivity index (χ3v) is 4.11. The first kappa shape index (κ1) is 16.9. The van der Waals surface area contributed by atoms with Crippen LogP contribution in [-0.4, -0.2) is 53.9 Å². The fourth-order valence-corrected chi connectivity index (χ4v) is 2.76. The summed E-state index contributed by atoms with van der Waals surface area (Å²) < 4.78 is 5.63. The zero-order valence-electron chi connectivity index (χ0n) is 12.5. The molecular weight excluding hydrogens is 327 g/mol. The van der Waals surface area contributed by atoms with E-state index in [4.69, 9.17) is 27.9 Å². The van der Waals surface area contributed by atoms with Crippen LogP contribution in [0.3, 0.4) is 0 Å². The molecule has 2 amide bonds. The number of rotatable bonds is 3. The Bertz CT molecular complexity index is 572. The molecule has 0 radical (unpaired) electrons. The molecule has 1 saturated heterocycles. The zero-order valence-corrected chi connectivity index (χ0v) is 14.0. The Balaban J connectivity index is 1.94. The van der Waals surface area contributed by atoms with Crippen molar-refractivity contribution >= 4 is 35.0 Å². The molecule has 2 rings (SSSR count). The number of hydrogen-bond donors (Lipinski definition) is 0. The molecule has 1 aliphatic rings. The summed E-state index contributed by atoms with van der Waals surface area (Å²) >= 11 is 11.9. The van der Waals surface area contributed by atoms with Crippen LogP contribution in [0.5, 0.6) is 5.75 Å². The van der Waals surface area contributed by atoms with Crippen molar-refractivity contribution in [2.24, 2.45) is 0 Å². The summed E-state index contributed by atoms with van der Waals surface area (Å²) in [5, 5.41) is 0.880. The van der Waals surface area contributed by atoms with Gasteiger partial charge in [-0.05, 0) is 25.1 Å². The summed E-state index contributed by atoms with van der Waals surface area (Å²) in [5.41, 5.74) is 0. The van der Waals surface area contributed by atoms with E-state index in [0.29, 0.717) is 42.0 Å². The SMILES string of the molecule is CC(=O)N1CCN(C(=O)[C@@H](C)Oc2ccc(Cl)cc2Cl)CC1. The molecule has 1 heterocycles. The van der Waals surface area contributed by atoms with Crippen LogP contribution in [-0.2, 0) is 9.59 Å². The first-order valence-corrected chi connectivity index (χ1v) is 7.80. The van der Waals surface area contributed by atoms with E-state index in [1.807, 2.05) is 0 Å². The van der Waals surface area contributed by atoms with Crippen molar-refractivity contribution in [3.8, 4) is 5.75 Å². The minimum atomic E-state index is -0.650. The zero-order chi connectivity index (χ0) is 16.3. The summed E-state index contributed by atoms with van der Waals surface area (Å²) in [6.07, 6.45) is -0.650. The highest BCUT2D eigenvalue weighted by Crippen LogP contribution is 2.28. The van der Waals surface area contributed by atoms with Gasteiger partial charge >= 0.3 is 0 Å². The number of halogens is 2. The van der Waals surface area contributed by atoms with Crippen molar-refractivity contribution in [3.05, 3.63) is 28.2 Å². The van der Waals surface area contributed by atoms with Crippen molar-refractivity contribution in [3.63, 3.8) is 0 Å². The Morgan fingerprint density at radius 3 is 2.27 bits per heavy atom. The van der Waals surface area contributed by atoms with Crippen molar-refractivity contribution in [2.75, 3.05) is 26.2 Å². The molecule has 22 heavy (non-hydrogen) atoms. The highest BCUT2D eigenvalue weighted by Gasteiger charge is 2.27. The average Bonchev–Trinajstić information content (AvgIpc) is 2.49. The predicted octanol–water partition coefficient (Wildman–Crippen LogP) is 2.45. The minimum absolute atomic E-state index is 0.0318. The standard InChI is InChI=1S/C15H18Cl2N2O3/c1-10(22-14-4-3-12(16)9-13(14)17)15(21)19-7-5-18(6-8-19)11(2)20/h3-4,9-10H,5-8H2,1-2H3/t10-/m1/s1. The number of amides is 2. The average molecular weight is 345 g/mol. The second kappa shape index (κ2) is 7.20. The van der Waals surface area contributed by atoms with Crippen molar-refractivity contribution < 1.29 is 14.3 Å². The van der Waals surface area contributed by atoms with Gasteiger partial charge in [-0.3, -0.25) is 9.59 Å². The van der Waals surface area contributed by atoms with Gasteiger partial charge in [0.25, 0.3) is 5.91 Å². The van der Waals surface area contributed by atoms with Gasteiger partial charge in [-0.1, -0.05) is 23.2 Å². The van der Waals surface area contributed by atoms with Crippen LogP contribution >= 0.6 is 23.2 Å². The molecule has 0 saturated carbocycles. The van der Waals surface area contributed by atoms with Crippen molar-refractivity contribution in [2.45, 2.75) is 20.0 Å². The lowest BCUT2D eigenvalue weighted by atomic mass is 10.2. The summed E-state index contributed by atoms with van der Waals surface area (Å²) in [6, 6.07) is 4.87. The topological polar surface area (TPSA) is 49.9 Å². The summed E-state index contributed by atoms with van der Waals surface area (Å²) in [6.45, 7) is 5.35. The van der Waals surface area contributed by atoms with Crippen LogP contribution in [0.4, 0.5) is 0 Å². The van der Waals surface area contributed by atoms with Crippen LogP contribution in [0.25, 0.3) is 0 Å². The number of ether oxygens (including phenoxy) is 1. The smallest absolute Gasteiger partial charge is 0.263 e. The lowest BCUT2D eigenvalue weighted by molar-refractivity contribution is -0.143. The van der Waals surface area contributed by atoms with E-state index < -0.39 is 6.10 Å². The maximum Gasteiger partial charge on any atom is 0.263 e. The van der Waals surface area contributed by atoms with Crippen LogP contribution in [0, 0.1) is 0 Å². The normalized spacial score (nSPS) is 16.4. The van der Waals surface area contributed by atoms with Gasteiger partial charge in [0.1, 0.15) is 5.75 Å². The second-order valence-electron chi connectivity index (χ2n) is 5.17. The first-order chi connectivity index (χ1) is 10.4. The maximum absolute atomic E-state index is 12.4. The van der Waals surface area contributed by atoms with Crippen molar-refractivity contribution in [1.82, 2.24) is 9.80 Å². The molecule has 0 bridgehead atoms. The first-order valence-electron chi connectivity index (χ1n) is 7.04. The van der Waals surface area contributed by atoms with Gasteiger partial charge in [0.15, 0.2) is 6.10 Å². The van der Waals surface area contributed by atoms with Gasteiger partial charge in [-0.2, -0.15) is 0 Å². The Hall–Kier alpha value is -1.46. The number of hydrogen-bond acceptors (Lipinski definition) is 3. The predicted molar refractivity (Wildman–Crippen MR) is 85.4 cm³/mol. The number of carbonyl (C=O) groups is 2. The highest BCUT2D eigenvalue weighted by atomic mass is 35.5. The Morgan fingerprint density at radius 1 is 1.14 bits per heavy atom. The molecule has 0 N–H and O–H groups in total. The molecule has 0 aliphatic carbocycles. The van der Waals surface area contributed by atoms with Gasteiger partial charge in [0, 0.05) is 38.1 Å².